The molecule has 0 aromatic rings. The lowest BCUT2D eigenvalue weighted by Crippen LogP contribution is -2.71. The van der Waals surface area contributed by atoms with Crippen LogP contribution in [0.15, 0.2) is 23.8 Å². The van der Waals surface area contributed by atoms with E-state index in [0.29, 0.717) is 6.42 Å². The standard InChI is InChI=1S/C27H38F2O6/c1-14(2)33-13-21(32)27-22(34-23(3,4)35-27)11-16-17-10-19(28)18-9-15(30)7-8-24(18,5)26(17,29)20(31)12-25(16,27)6/h7-9,14-17,19-20,22,30-31H,10-13H2,1-6H3/t15?,16-,17-,19-,20-,22+,24-,25-,26-,27+/m0/s1. The van der Waals surface area contributed by atoms with Crippen LogP contribution in [0.2, 0.25) is 0 Å². The highest BCUT2D eigenvalue weighted by molar-refractivity contribution is 5.91. The lowest BCUT2D eigenvalue weighted by molar-refractivity contribution is -0.249. The molecule has 1 aliphatic heterocycles. The van der Waals surface area contributed by atoms with Crippen molar-refractivity contribution in [2.75, 3.05) is 6.61 Å². The van der Waals surface area contributed by atoms with Crippen molar-refractivity contribution in [2.45, 2.75) is 108 Å². The second-order valence-electron chi connectivity index (χ2n) is 12.4. The summed E-state index contributed by atoms with van der Waals surface area (Å²) in [6, 6.07) is 0. The molecule has 0 aromatic heterocycles. The molecule has 1 unspecified atom stereocenters. The Balaban J connectivity index is 1.61. The normalized spacial score (nSPS) is 51.9. The first kappa shape index (κ1) is 25.5. The van der Waals surface area contributed by atoms with Crippen molar-refractivity contribution in [3.05, 3.63) is 23.8 Å². The first-order chi connectivity index (χ1) is 16.1. The van der Waals surface area contributed by atoms with E-state index in [9.17, 15) is 15.0 Å². The molecule has 5 rings (SSSR count). The molecule has 0 bridgehead atoms. The van der Waals surface area contributed by atoms with Gasteiger partial charge in [0.05, 0.1) is 24.4 Å². The van der Waals surface area contributed by atoms with Gasteiger partial charge in [0, 0.05) is 16.7 Å². The fourth-order valence-corrected chi connectivity index (χ4v) is 8.27. The van der Waals surface area contributed by atoms with Gasteiger partial charge in [-0.05, 0) is 71.4 Å². The lowest BCUT2D eigenvalue weighted by atomic mass is 9.44. The number of ketones is 1. The molecule has 4 aliphatic carbocycles. The van der Waals surface area contributed by atoms with Crippen LogP contribution in [0.5, 0.6) is 0 Å². The van der Waals surface area contributed by atoms with Crippen LogP contribution in [0, 0.1) is 22.7 Å². The van der Waals surface area contributed by atoms with Crippen molar-refractivity contribution in [1.82, 2.24) is 0 Å². The van der Waals surface area contributed by atoms with Gasteiger partial charge < -0.3 is 24.4 Å². The summed E-state index contributed by atoms with van der Waals surface area (Å²) in [5.41, 5.74) is -5.82. The molecule has 0 amide bonds. The third-order valence-corrected chi connectivity index (χ3v) is 9.68. The zero-order chi connectivity index (χ0) is 25.8. The van der Waals surface area contributed by atoms with Crippen LogP contribution >= 0.6 is 0 Å². The fraction of sp³-hybridized carbons (Fsp3) is 0.815. The Morgan fingerprint density at radius 2 is 1.89 bits per heavy atom. The molecule has 4 fully saturated rings. The van der Waals surface area contributed by atoms with E-state index in [0.717, 1.165) is 0 Å². The first-order valence-corrected chi connectivity index (χ1v) is 12.8. The molecule has 3 saturated carbocycles. The maximum absolute atomic E-state index is 17.4. The van der Waals surface area contributed by atoms with E-state index in [2.05, 4.69) is 0 Å². The molecule has 1 heterocycles. The van der Waals surface area contributed by atoms with Crippen LogP contribution in [0.25, 0.3) is 0 Å². The molecule has 1 saturated heterocycles. The summed E-state index contributed by atoms with van der Waals surface area (Å²) in [5.74, 6) is -2.66. The van der Waals surface area contributed by atoms with Gasteiger partial charge >= 0.3 is 0 Å². The van der Waals surface area contributed by atoms with Crippen molar-refractivity contribution in [3.63, 3.8) is 0 Å². The number of allylic oxidation sites excluding steroid dienone is 2. The van der Waals surface area contributed by atoms with E-state index in [1.54, 1.807) is 20.8 Å². The predicted octanol–water partition coefficient (Wildman–Crippen LogP) is 3.59. The van der Waals surface area contributed by atoms with Crippen molar-refractivity contribution in [1.29, 1.82) is 0 Å². The number of Topliss-reactive ketones (excluding diaryl/α,β-unsaturated/α-hetero) is 1. The van der Waals surface area contributed by atoms with Gasteiger partial charge in [0.2, 0.25) is 0 Å². The Labute approximate surface area is 205 Å². The molecule has 0 radical (unpaired) electrons. The number of fused-ring (bicyclic) bond motifs is 7. The maximum atomic E-state index is 17.4. The van der Waals surface area contributed by atoms with Crippen LogP contribution in [-0.2, 0) is 19.0 Å². The molecule has 196 valence electrons. The Bertz CT molecular complexity index is 979. The minimum atomic E-state index is -2.17. The smallest absolute Gasteiger partial charge is 0.193 e. The number of hydrogen-bond acceptors (Lipinski definition) is 6. The number of aliphatic hydroxyl groups is 2. The zero-order valence-corrected chi connectivity index (χ0v) is 21.4. The van der Waals surface area contributed by atoms with Crippen LogP contribution in [0.1, 0.15) is 60.8 Å². The average Bonchev–Trinajstić information content (AvgIpc) is 3.16. The number of aliphatic hydroxyl groups excluding tert-OH is 2. The largest absolute Gasteiger partial charge is 0.390 e. The Kier molecular flexibility index (Phi) is 5.58. The second-order valence-corrected chi connectivity index (χ2v) is 12.4. The topological polar surface area (TPSA) is 85.2 Å². The second kappa shape index (κ2) is 7.67. The molecular weight excluding hydrogens is 458 g/mol. The van der Waals surface area contributed by atoms with Gasteiger partial charge in [-0.15, -0.1) is 0 Å². The number of rotatable bonds is 4. The summed E-state index contributed by atoms with van der Waals surface area (Å²) >= 11 is 0. The number of carbonyl (C=O) groups is 1. The average molecular weight is 497 g/mol. The monoisotopic (exact) mass is 496 g/mol. The highest BCUT2D eigenvalue weighted by Crippen LogP contribution is 2.72. The van der Waals surface area contributed by atoms with E-state index < -0.39 is 64.2 Å². The molecule has 0 aromatic carbocycles. The molecule has 35 heavy (non-hydrogen) atoms. The Morgan fingerprint density at radius 1 is 1.20 bits per heavy atom. The Morgan fingerprint density at radius 3 is 2.54 bits per heavy atom. The molecule has 0 spiro atoms. The van der Waals surface area contributed by atoms with Crippen LogP contribution < -0.4 is 0 Å². The van der Waals surface area contributed by atoms with Crippen LogP contribution in [-0.4, -0.2) is 70.2 Å². The van der Waals surface area contributed by atoms with E-state index >= 15 is 8.78 Å². The quantitative estimate of drug-likeness (QED) is 0.579. The summed E-state index contributed by atoms with van der Waals surface area (Å²) in [7, 11) is 0. The summed E-state index contributed by atoms with van der Waals surface area (Å²) in [4.78, 5) is 13.8. The van der Waals surface area contributed by atoms with Crippen molar-refractivity contribution in [2.24, 2.45) is 22.7 Å². The van der Waals surface area contributed by atoms with Gasteiger partial charge in [0.25, 0.3) is 0 Å². The molecule has 2 N–H and O–H groups in total. The summed E-state index contributed by atoms with van der Waals surface area (Å²) < 4.78 is 51.3. The van der Waals surface area contributed by atoms with Gasteiger partial charge in [0.1, 0.15) is 12.8 Å². The lowest BCUT2D eigenvalue weighted by Gasteiger charge is -2.63. The van der Waals surface area contributed by atoms with Gasteiger partial charge in [-0.3, -0.25) is 4.79 Å². The summed E-state index contributed by atoms with van der Waals surface area (Å²) in [6.45, 7) is 10.4. The first-order valence-electron chi connectivity index (χ1n) is 12.8. The van der Waals surface area contributed by atoms with E-state index in [1.165, 1.54) is 18.2 Å². The van der Waals surface area contributed by atoms with Crippen LogP contribution in [0.3, 0.4) is 0 Å². The molecule has 8 heteroatoms. The maximum Gasteiger partial charge on any atom is 0.193 e. The number of ether oxygens (including phenoxy) is 3. The highest BCUT2D eigenvalue weighted by atomic mass is 19.1. The van der Waals surface area contributed by atoms with Crippen molar-refractivity contribution < 1.29 is 38.0 Å². The van der Waals surface area contributed by atoms with E-state index in [4.69, 9.17) is 14.2 Å². The molecule has 5 aliphatic rings. The third kappa shape index (κ3) is 3.13. The zero-order valence-electron chi connectivity index (χ0n) is 21.4. The fourth-order valence-electron chi connectivity index (χ4n) is 8.27. The molecule has 6 nitrogen and oxygen atoms in total. The van der Waals surface area contributed by atoms with Gasteiger partial charge in [-0.25, -0.2) is 8.78 Å². The van der Waals surface area contributed by atoms with Crippen molar-refractivity contribution in [3.8, 4) is 0 Å². The van der Waals surface area contributed by atoms with Gasteiger partial charge in [-0.1, -0.05) is 19.1 Å². The van der Waals surface area contributed by atoms with Crippen LogP contribution in [0.4, 0.5) is 8.78 Å². The van der Waals surface area contributed by atoms with Crippen molar-refractivity contribution >= 4 is 5.78 Å². The summed E-state index contributed by atoms with van der Waals surface area (Å²) in [5, 5.41) is 21.6. The minimum Gasteiger partial charge on any atom is -0.390 e. The highest BCUT2D eigenvalue weighted by Gasteiger charge is 2.80. The Hall–Kier alpha value is -1.19. The van der Waals surface area contributed by atoms with Gasteiger partial charge in [-0.2, -0.15) is 0 Å². The number of alkyl halides is 2. The molecule has 10 atom stereocenters. The SMILES string of the molecule is CC(C)OCC(=O)[C@@]12OC(C)(C)O[C@@H]1C[C@H]1[C@@H]3C[C@H](F)C4=CC(O)C=C[C@]4(C)[C@@]3(F)[C@@H](O)C[C@@]12C. The van der Waals surface area contributed by atoms with E-state index in [-0.39, 0.29) is 36.9 Å². The summed E-state index contributed by atoms with van der Waals surface area (Å²) in [6.07, 6.45) is -0.282. The predicted molar refractivity (Wildman–Crippen MR) is 124 cm³/mol. The number of hydrogen-bond donors (Lipinski definition) is 2. The molecular formula is C27H38F2O6. The third-order valence-electron chi connectivity index (χ3n) is 9.68. The van der Waals surface area contributed by atoms with Gasteiger partial charge in [0.15, 0.2) is 22.8 Å². The minimum absolute atomic E-state index is 0.0375. The van der Waals surface area contributed by atoms with E-state index in [1.807, 2.05) is 20.8 Å². The number of carbonyl (C=O) groups excluding carboxylic acids is 1. The number of halogens is 2.